The minimum absolute atomic E-state index is 0.0465. The van der Waals surface area contributed by atoms with Crippen molar-refractivity contribution in [2.45, 2.75) is 6.61 Å². The Labute approximate surface area is 102 Å². The average Bonchev–Trinajstić information content (AvgIpc) is 2.37. The summed E-state index contributed by atoms with van der Waals surface area (Å²) < 4.78 is 31.4. The number of benzene rings is 1. The lowest BCUT2D eigenvalue weighted by molar-refractivity contribution is 0.303. The van der Waals surface area contributed by atoms with Crippen LogP contribution < -0.4 is 4.74 Å². The molecule has 2 rings (SSSR count). The number of aromatic nitrogens is 1. The first-order chi connectivity index (χ1) is 8.69. The van der Waals surface area contributed by atoms with Crippen molar-refractivity contribution in [3.63, 3.8) is 0 Å². The van der Waals surface area contributed by atoms with Gasteiger partial charge in [0.05, 0.1) is 11.8 Å². The summed E-state index contributed by atoms with van der Waals surface area (Å²) >= 11 is 0. The third-order valence-corrected chi connectivity index (χ3v) is 2.23. The molecule has 1 aromatic heterocycles. The quantitative estimate of drug-likeness (QED) is 0.836. The van der Waals surface area contributed by atoms with Gasteiger partial charge in [-0.3, -0.25) is 4.98 Å². The fourth-order valence-corrected chi connectivity index (χ4v) is 1.38. The molecule has 0 aliphatic carbocycles. The Morgan fingerprint density at radius 3 is 2.72 bits per heavy atom. The number of hydrogen-bond acceptors (Lipinski definition) is 3. The van der Waals surface area contributed by atoms with Gasteiger partial charge in [-0.1, -0.05) is 0 Å². The topological polar surface area (TPSA) is 45.9 Å². The van der Waals surface area contributed by atoms with Gasteiger partial charge in [0.2, 0.25) is 0 Å². The first kappa shape index (κ1) is 12.0. The second-order valence-corrected chi connectivity index (χ2v) is 3.55. The normalized spacial score (nSPS) is 9.83. The Kier molecular flexibility index (Phi) is 3.49. The van der Waals surface area contributed by atoms with E-state index in [0.717, 1.165) is 12.3 Å². The highest BCUT2D eigenvalue weighted by Gasteiger charge is 2.04. The van der Waals surface area contributed by atoms with Gasteiger partial charge in [-0.05, 0) is 18.2 Å². The molecular weight excluding hydrogens is 238 g/mol. The van der Waals surface area contributed by atoms with Crippen LogP contribution in [0.1, 0.15) is 11.1 Å². The molecule has 1 heterocycles. The Bertz CT molecular complexity index is 608. The van der Waals surface area contributed by atoms with Crippen LogP contribution in [-0.4, -0.2) is 4.98 Å². The summed E-state index contributed by atoms with van der Waals surface area (Å²) in [5.74, 6) is -0.828. The van der Waals surface area contributed by atoms with Crippen molar-refractivity contribution >= 4 is 0 Å². The Balaban J connectivity index is 2.07. The van der Waals surface area contributed by atoms with Crippen LogP contribution in [0.2, 0.25) is 0 Å². The van der Waals surface area contributed by atoms with Gasteiger partial charge in [0.1, 0.15) is 30.1 Å². The Morgan fingerprint density at radius 1 is 1.22 bits per heavy atom. The maximum atomic E-state index is 13.3. The largest absolute Gasteiger partial charge is 0.489 e. The van der Waals surface area contributed by atoms with Gasteiger partial charge in [0.25, 0.3) is 0 Å². The molecule has 0 spiro atoms. The predicted octanol–water partition coefficient (Wildman–Crippen LogP) is 2.81. The van der Waals surface area contributed by atoms with Gasteiger partial charge in [0.15, 0.2) is 0 Å². The molecule has 1 aromatic carbocycles. The van der Waals surface area contributed by atoms with Crippen molar-refractivity contribution in [2.75, 3.05) is 0 Å². The number of nitriles is 1. The van der Waals surface area contributed by atoms with Gasteiger partial charge >= 0.3 is 0 Å². The number of pyridine rings is 1. The second-order valence-electron chi connectivity index (χ2n) is 3.55. The van der Waals surface area contributed by atoms with E-state index >= 15 is 0 Å². The number of rotatable bonds is 3. The summed E-state index contributed by atoms with van der Waals surface area (Å²) in [6.07, 6.45) is 2.55. The first-order valence-corrected chi connectivity index (χ1v) is 5.11. The summed E-state index contributed by atoms with van der Waals surface area (Å²) in [6.45, 7) is 0.0795. The van der Waals surface area contributed by atoms with Crippen molar-refractivity contribution in [3.8, 4) is 11.8 Å². The lowest BCUT2D eigenvalue weighted by Gasteiger charge is -2.06. The van der Waals surface area contributed by atoms with Crippen molar-refractivity contribution < 1.29 is 13.5 Å². The standard InChI is InChI=1S/C13H8F2N2O/c14-11-3-9(6-17-7-11)8-18-12-2-1-10(5-16)13(15)4-12/h1-4,6-7H,8H2. The summed E-state index contributed by atoms with van der Waals surface area (Å²) in [5, 5.41) is 8.57. The van der Waals surface area contributed by atoms with E-state index < -0.39 is 11.6 Å². The molecule has 0 aliphatic heterocycles. The van der Waals surface area contributed by atoms with E-state index in [1.165, 1.54) is 24.4 Å². The van der Waals surface area contributed by atoms with Crippen LogP contribution >= 0.6 is 0 Å². The van der Waals surface area contributed by atoms with E-state index in [0.29, 0.717) is 5.56 Å². The number of hydrogen-bond donors (Lipinski definition) is 0. The van der Waals surface area contributed by atoms with E-state index in [-0.39, 0.29) is 17.9 Å². The maximum Gasteiger partial charge on any atom is 0.144 e. The first-order valence-electron chi connectivity index (χ1n) is 5.11. The fraction of sp³-hybridized carbons (Fsp3) is 0.0769. The average molecular weight is 246 g/mol. The SMILES string of the molecule is N#Cc1ccc(OCc2cncc(F)c2)cc1F. The van der Waals surface area contributed by atoms with Crippen LogP contribution in [-0.2, 0) is 6.61 Å². The molecule has 18 heavy (non-hydrogen) atoms. The molecule has 0 radical (unpaired) electrons. The van der Waals surface area contributed by atoms with Crippen LogP contribution in [0.25, 0.3) is 0 Å². The Morgan fingerprint density at radius 2 is 2.06 bits per heavy atom. The van der Waals surface area contributed by atoms with Gasteiger partial charge in [-0.25, -0.2) is 8.78 Å². The summed E-state index contributed by atoms with van der Waals surface area (Å²) in [4.78, 5) is 3.67. The van der Waals surface area contributed by atoms with E-state index in [4.69, 9.17) is 10.00 Å². The molecule has 0 N–H and O–H groups in total. The van der Waals surface area contributed by atoms with Crippen molar-refractivity contribution in [3.05, 3.63) is 59.4 Å². The number of nitrogens with zero attached hydrogens (tertiary/aromatic N) is 2. The van der Waals surface area contributed by atoms with Crippen molar-refractivity contribution in [1.29, 1.82) is 5.26 Å². The zero-order valence-electron chi connectivity index (χ0n) is 9.23. The van der Waals surface area contributed by atoms with E-state index in [1.807, 2.05) is 0 Å². The third-order valence-electron chi connectivity index (χ3n) is 2.23. The van der Waals surface area contributed by atoms with Crippen LogP contribution in [0.15, 0.2) is 36.7 Å². The highest BCUT2D eigenvalue weighted by atomic mass is 19.1. The molecule has 90 valence electrons. The number of ether oxygens (including phenoxy) is 1. The van der Waals surface area contributed by atoms with E-state index in [1.54, 1.807) is 6.07 Å². The summed E-state index contributed by atoms with van der Waals surface area (Å²) in [6, 6.07) is 6.92. The molecule has 0 unspecified atom stereocenters. The Hall–Kier alpha value is -2.48. The van der Waals surface area contributed by atoms with Gasteiger partial charge < -0.3 is 4.74 Å². The lowest BCUT2D eigenvalue weighted by atomic mass is 10.2. The molecule has 0 aliphatic rings. The molecule has 0 saturated carbocycles. The molecule has 5 heteroatoms. The van der Waals surface area contributed by atoms with Gasteiger partial charge in [0, 0.05) is 17.8 Å². The van der Waals surface area contributed by atoms with Crippen LogP contribution in [0.5, 0.6) is 5.75 Å². The third kappa shape index (κ3) is 2.80. The van der Waals surface area contributed by atoms with Gasteiger partial charge in [-0.15, -0.1) is 0 Å². The smallest absolute Gasteiger partial charge is 0.144 e. The highest BCUT2D eigenvalue weighted by molar-refractivity contribution is 5.36. The minimum Gasteiger partial charge on any atom is -0.489 e. The molecule has 0 fully saturated rings. The van der Waals surface area contributed by atoms with Gasteiger partial charge in [-0.2, -0.15) is 5.26 Å². The minimum atomic E-state index is -0.646. The van der Waals surface area contributed by atoms with Crippen molar-refractivity contribution in [1.82, 2.24) is 4.98 Å². The van der Waals surface area contributed by atoms with E-state index in [2.05, 4.69) is 4.98 Å². The molecule has 0 amide bonds. The molecule has 0 bridgehead atoms. The monoisotopic (exact) mass is 246 g/mol. The molecule has 0 atom stereocenters. The van der Waals surface area contributed by atoms with Crippen molar-refractivity contribution in [2.24, 2.45) is 0 Å². The molecule has 2 aromatic rings. The highest BCUT2D eigenvalue weighted by Crippen LogP contribution is 2.17. The molecule has 0 saturated heterocycles. The van der Waals surface area contributed by atoms with Crippen LogP contribution in [0.4, 0.5) is 8.78 Å². The summed E-state index contributed by atoms with van der Waals surface area (Å²) in [7, 11) is 0. The zero-order valence-corrected chi connectivity index (χ0v) is 9.23. The van der Waals surface area contributed by atoms with Crippen LogP contribution in [0.3, 0.4) is 0 Å². The maximum absolute atomic E-state index is 13.3. The fourth-order valence-electron chi connectivity index (χ4n) is 1.38. The summed E-state index contributed by atoms with van der Waals surface area (Å²) in [5.41, 5.74) is 0.495. The lowest BCUT2D eigenvalue weighted by Crippen LogP contribution is -1.97. The van der Waals surface area contributed by atoms with Crippen LogP contribution in [0, 0.1) is 23.0 Å². The number of halogens is 2. The molecule has 3 nitrogen and oxygen atoms in total. The second kappa shape index (κ2) is 5.23. The van der Waals surface area contributed by atoms with E-state index in [9.17, 15) is 8.78 Å². The molecular formula is C13H8F2N2O. The predicted molar refractivity (Wildman–Crippen MR) is 59.6 cm³/mol. The zero-order chi connectivity index (χ0) is 13.0.